The predicted octanol–water partition coefficient (Wildman–Crippen LogP) is 2.08. The van der Waals surface area contributed by atoms with Crippen molar-refractivity contribution in [2.45, 2.75) is 13.5 Å². The molecule has 2 aromatic rings. The van der Waals surface area contributed by atoms with Gasteiger partial charge in [-0.1, -0.05) is 19.1 Å². The summed E-state index contributed by atoms with van der Waals surface area (Å²) >= 11 is 0. The van der Waals surface area contributed by atoms with Gasteiger partial charge in [0.05, 0.1) is 0 Å². The summed E-state index contributed by atoms with van der Waals surface area (Å²) < 4.78 is 12.9. The van der Waals surface area contributed by atoms with Crippen molar-refractivity contribution in [3.8, 4) is 0 Å². The molecular formula is C18H23FN6O. The lowest BCUT2D eigenvalue weighted by Gasteiger charge is -2.34. The lowest BCUT2D eigenvalue weighted by Crippen LogP contribution is -2.46. The maximum Gasteiger partial charge on any atom is 0.320 e. The van der Waals surface area contributed by atoms with Crippen LogP contribution in [0.3, 0.4) is 0 Å². The molecule has 26 heavy (non-hydrogen) atoms. The molecule has 2 N–H and O–H groups in total. The molecule has 1 fully saturated rings. The van der Waals surface area contributed by atoms with E-state index in [0.29, 0.717) is 12.4 Å². The Morgan fingerprint density at radius 2 is 1.88 bits per heavy atom. The number of amides is 2. The first kappa shape index (κ1) is 18.1. The largest absolute Gasteiger partial charge is 0.354 e. The highest BCUT2D eigenvalue weighted by molar-refractivity contribution is 5.88. The van der Waals surface area contributed by atoms with Gasteiger partial charge in [0.15, 0.2) is 0 Å². The third-order valence-corrected chi connectivity index (χ3v) is 4.40. The summed E-state index contributed by atoms with van der Waals surface area (Å²) in [6.45, 7) is 7.33. The standard InChI is InChI=1S/C18H23FN6O/c1-2-24-7-9-25(10-8-24)17-11-16(21-13-22-17)23-18(26)20-12-14-3-5-15(19)6-4-14/h3-6,11,13H,2,7-10,12H2,1H3,(H2,20,21,22,23,26). The molecule has 0 atom stereocenters. The Kier molecular flexibility index (Phi) is 5.96. The van der Waals surface area contributed by atoms with E-state index in [9.17, 15) is 9.18 Å². The highest BCUT2D eigenvalue weighted by Crippen LogP contribution is 2.16. The minimum Gasteiger partial charge on any atom is -0.354 e. The van der Waals surface area contributed by atoms with Gasteiger partial charge in [0.2, 0.25) is 0 Å². The highest BCUT2D eigenvalue weighted by Gasteiger charge is 2.17. The Morgan fingerprint density at radius 3 is 2.58 bits per heavy atom. The number of halogens is 1. The van der Waals surface area contributed by atoms with Gasteiger partial charge in [-0.15, -0.1) is 0 Å². The molecule has 1 aliphatic heterocycles. The number of rotatable bonds is 5. The van der Waals surface area contributed by atoms with E-state index in [0.717, 1.165) is 44.1 Å². The van der Waals surface area contributed by atoms with Crippen LogP contribution in [0.1, 0.15) is 12.5 Å². The topological polar surface area (TPSA) is 73.4 Å². The number of hydrogen-bond acceptors (Lipinski definition) is 5. The fraction of sp³-hybridized carbons (Fsp3) is 0.389. The average Bonchev–Trinajstić information content (AvgIpc) is 2.68. The third kappa shape index (κ3) is 4.89. The number of benzene rings is 1. The minimum atomic E-state index is -0.366. The van der Waals surface area contributed by atoms with Crippen molar-refractivity contribution in [2.75, 3.05) is 42.9 Å². The van der Waals surface area contributed by atoms with Crippen LogP contribution in [-0.2, 0) is 6.54 Å². The molecule has 0 bridgehead atoms. The van der Waals surface area contributed by atoms with Crippen molar-refractivity contribution < 1.29 is 9.18 Å². The summed E-state index contributed by atoms with van der Waals surface area (Å²) in [5, 5.41) is 5.44. The zero-order valence-corrected chi connectivity index (χ0v) is 14.8. The van der Waals surface area contributed by atoms with Crippen molar-refractivity contribution in [1.82, 2.24) is 20.2 Å². The van der Waals surface area contributed by atoms with E-state index in [4.69, 9.17) is 0 Å². The molecule has 2 amide bonds. The number of hydrogen-bond donors (Lipinski definition) is 2. The number of likely N-dealkylation sites (N-methyl/N-ethyl adjacent to an activating group) is 1. The summed E-state index contributed by atoms with van der Waals surface area (Å²) in [6, 6.07) is 7.41. The number of urea groups is 1. The number of carbonyl (C=O) groups excluding carboxylic acids is 1. The number of nitrogens with one attached hydrogen (secondary N) is 2. The van der Waals surface area contributed by atoms with E-state index >= 15 is 0 Å². The lowest BCUT2D eigenvalue weighted by atomic mass is 10.2. The van der Waals surface area contributed by atoms with Crippen LogP contribution in [0.25, 0.3) is 0 Å². The molecule has 1 saturated heterocycles. The molecule has 138 valence electrons. The number of piperazine rings is 1. The second-order valence-corrected chi connectivity index (χ2v) is 6.12. The summed E-state index contributed by atoms with van der Waals surface area (Å²) in [7, 11) is 0. The molecule has 0 saturated carbocycles. The van der Waals surface area contributed by atoms with Crippen LogP contribution >= 0.6 is 0 Å². The van der Waals surface area contributed by atoms with E-state index in [1.807, 2.05) is 0 Å². The number of nitrogens with zero attached hydrogens (tertiary/aromatic N) is 4. The normalized spacial score (nSPS) is 14.9. The smallest absolute Gasteiger partial charge is 0.320 e. The van der Waals surface area contributed by atoms with Crippen LogP contribution in [0.4, 0.5) is 20.8 Å². The van der Waals surface area contributed by atoms with Gasteiger partial charge >= 0.3 is 6.03 Å². The van der Waals surface area contributed by atoms with Crippen molar-refractivity contribution in [1.29, 1.82) is 0 Å². The number of anilines is 2. The highest BCUT2D eigenvalue weighted by atomic mass is 19.1. The van der Waals surface area contributed by atoms with Gasteiger partial charge in [0.25, 0.3) is 0 Å². The van der Waals surface area contributed by atoms with Crippen LogP contribution in [0.2, 0.25) is 0 Å². The van der Waals surface area contributed by atoms with Crippen LogP contribution < -0.4 is 15.5 Å². The van der Waals surface area contributed by atoms with E-state index in [-0.39, 0.29) is 11.8 Å². The molecule has 0 radical (unpaired) electrons. The quantitative estimate of drug-likeness (QED) is 0.856. The minimum absolute atomic E-state index is 0.300. The average molecular weight is 358 g/mol. The number of aromatic nitrogens is 2. The molecule has 1 aromatic heterocycles. The van der Waals surface area contributed by atoms with Crippen LogP contribution in [-0.4, -0.2) is 53.6 Å². The van der Waals surface area contributed by atoms with Crippen molar-refractivity contribution in [3.63, 3.8) is 0 Å². The van der Waals surface area contributed by atoms with E-state index in [1.54, 1.807) is 18.2 Å². The second-order valence-electron chi connectivity index (χ2n) is 6.12. The fourth-order valence-corrected chi connectivity index (χ4v) is 2.83. The summed E-state index contributed by atoms with van der Waals surface area (Å²) in [5.74, 6) is 0.959. The van der Waals surface area contributed by atoms with Gasteiger partial charge < -0.3 is 15.1 Å². The fourth-order valence-electron chi connectivity index (χ4n) is 2.83. The zero-order valence-electron chi connectivity index (χ0n) is 14.8. The molecule has 0 aliphatic carbocycles. The van der Waals surface area contributed by atoms with Crippen molar-refractivity contribution in [2.24, 2.45) is 0 Å². The first-order chi connectivity index (χ1) is 12.6. The molecule has 1 aromatic carbocycles. The van der Waals surface area contributed by atoms with Crippen molar-refractivity contribution >= 4 is 17.7 Å². The summed E-state index contributed by atoms with van der Waals surface area (Å²) in [6.07, 6.45) is 1.46. The van der Waals surface area contributed by atoms with Gasteiger partial charge in [-0.05, 0) is 24.2 Å². The summed E-state index contributed by atoms with van der Waals surface area (Å²) in [4.78, 5) is 25.0. The van der Waals surface area contributed by atoms with Crippen molar-refractivity contribution in [3.05, 3.63) is 48.0 Å². The van der Waals surface area contributed by atoms with E-state index < -0.39 is 0 Å². The molecule has 8 heteroatoms. The molecule has 0 unspecified atom stereocenters. The first-order valence-corrected chi connectivity index (χ1v) is 8.72. The first-order valence-electron chi connectivity index (χ1n) is 8.72. The third-order valence-electron chi connectivity index (χ3n) is 4.40. The second kappa shape index (κ2) is 8.57. The molecule has 2 heterocycles. The monoisotopic (exact) mass is 358 g/mol. The maximum absolute atomic E-state index is 12.9. The Bertz CT molecular complexity index is 731. The molecule has 1 aliphatic rings. The molecule has 7 nitrogen and oxygen atoms in total. The lowest BCUT2D eigenvalue weighted by molar-refractivity contribution is 0.251. The SMILES string of the molecule is CCN1CCN(c2cc(NC(=O)NCc3ccc(F)cc3)ncn2)CC1. The van der Waals surface area contributed by atoms with Gasteiger partial charge in [0.1, 0.15) is 23.8 Å². The van der Waals surface area contributed by atoms with Crippen LogP contribution in [0.15, 0.2) is 36.7 Å². The van der Waals surface area contributed by atoms with Gasteiger partial charge in [-0.2, -0.15) is 0 Å². The van der Waals surface area contributed by atoms with Crippen LogP contribution in [0, 0.1) is 5.82 Å². The Balaban J connectivity index is 1.53. The Hall–Kier alpha value is -2.74. The number of carbonyl (C=O) groups is 1. The molecule has 0 spiro atoms. The van der Waals surface area contributed by atoms with Crippen LogP contribution in [0.5, 0.6) is 0 Å². The van der Waals surface area contributed by atoms with Gasteiger partial charge in [-0.3, -0.25) is 5.32 Å². The Labute approximate surface area is 152 Å². The summed E-state index contributed by atoms with van der Waals surface area (Å²) in [5.41, 5.74) is 0.818. The predicted molar refractivity (Wildman–Crippen MR) is 98.6 cm³/mol. The molecular weight excluding hydrogens is 335 g/mol. The zero-order chi connectivity index (χ0) is 18.4. The van der Waals surface area contributed by atoms with Gasteiger partial charge in [-0.25, -0.2) is 19.2 Å². The molecule has 3 rings (SSSR count). The van der Waals surface area contributed by atoms with Gasteiger partial charge in [0, 0.05) is 38.8 Å². The Morgan fingerprint density at radius 1 is 1.15 bits per heavy atom. The maximum atomic E-state index is 12.9. The van der Waals surface area contributed by atoms with E-state index in [2.05, 4.69) is 37.3 Å². The van der Waals surface area contributed by atoms with E-state index in [1.165, 1.54) is 18.5 Å².